The van der Waals surface area contributed by atoms with Crippen LogP contribution in [0.1, 0.15) is 50.8 Å². The van der Waals surface area contributed by atoms with Crippen LogP contribution in [0.2, 0.25) is 0 Å². The highest BCUT2D eigenvalue weighted by atomic mass is 32.1. The maximum Gasteiger partial charge on any atom is 0.229 e. The molecule has 35 heavy (non-hydrogen) atoms. The van der Waals surface area contributed by atoms with Crippen molar-refractivity contribution in [3.05, 3.63) is 36.4 Å². The molecular weight excluding hydrogens is 464 g/mol. The van der Waals surface area contributed by atoms with E-state index in [0.29, 0.717) is 23.0 Å². The molecule has 3 heterocycles. The van der Waals surface area contributed by atoms with Gasteiger partial charge >= 0.3 is 0 Å². The van der Waals surface area contributed by atoms with Crippen molar-refractivity contribution >= 4 is 32.6 Å². The van der Waals surface area contributed by atoms with Gasteiger partial charge in [0.25, 0.3) is 0 Å². The summed E-state index contributed by atoms with van der Waals surface area (Å²) in [7, 11) is 0. The Balaban J connectivity index is 1.08. The first kappa shape index (κ1) is 23.0. The summed E-state index contributed by atoms with van der Waals surface area (Å²) in [5.74, 6) is 0.764. The molecule has 0 radical (unpaired) electrons. The lowest BCUT2D eigenvalue weighted by molar-refractivity contribution is -0.132. The number of thiazole rings is 1. The van der Waals surface area contributed by atoms with Crippen LogP contribution in [-0.2, 0) is 20.9 Å². The zero-order valence-electron chi connectivity index (χ0n) is 19.6. The number of nitrogens with one attached hydrogen (secondary N) is 1. The summed E-state index contributed by atoms with van der Waals surface area (Å²) in [6.07, 6.45) is 9.83. The van der Waals surface area contributed by atoms with E-state index in [-0.39, 0.29) is 24.0 Å². The van der Waals surface area contributed by atoms with Crippen molar-refractivity contribution in [2.24, 2.45) is 11.3 Å². The number of aromatic nitrogens is 3. The molecule has 1 aliphatic heterocycles. The summed E-state index contributed by atoms with van der Waals surface area (Å²) < 4.78 is 12.3. The van der Waals surface area contributed by atoms with Crippen molar-refractivity contribution in [2.75, 3.05) is 18.5 Å². The average Bonchev–Trinajstić information content (AvgIpc) is 3.46. The zero-order valence-corrected chi connectivity index (χ0v) is 20.4. The van der Waals surface area contributed by atoms with E-state index in [4.69, 9.17) is 9.47 Å². The van der Waals surface area contributed by atoms with Crippen molar-refractivity contribution in [1.82, 2.24) is 15.0 Å². The van der Waals surface area contributed by atoms with Crippen LogP contribution in [0.4, 0.5) is 5.13 Å². The van der Waals surface area contributed by atoms with Crippen LogP contribution < -0.4 is 5.32 Å². The Morgan fingerprint density at radius 2 is 1.97 bits per heavy atom. The first-order chi connectivity index (χ1) is 17.1. The number of carbonyl (C=O) groups is 1. The molecule has 2 atom stereocenters. The van der Waals surface area contributed by atoms with Gasteiger partial charge in [-0.15, -0.1) is 0 Å². The quantitative estimate of drug-likeness (QED) is 0.525. The number of aliphatic hydroxyl groups excluding tert-OH is 1. The van der Waals surface area contributed by atoms with Crippen LogP contribution in [0.5, 0.6) is 0 Å². The molecule has 9 heteroatoms. The second-order valence-electron chi connectivity index (χ2n) is 10.1. The van der Waals surface area contributed by atoms with Crippen LogP contribution in [0.25, 0.3) is 21.3 Å². The molecule has 2 aromatic heterocycles. The largest absolute Gasteiger partial charge is 0.390 e. The van der Waals surface area contributed by atoms with Gasteiger partial charge in [0.05, 0.1) is 22.4 Å². The maximum absolute atomic E-state index is 12.8. The van der Waals surface area contributed by atoms with E-state index in [1.54, 1.807) is 12.4 Å². The van der Waals surface area contributed by atoms with Gasteiger partial charge in [-0.25, -0.2) is 15.0 Å². The summed E-state index contributed by atoms with van der Waals surface area (Å²) in [5.41, 5.74) is 3.10. The maximum atomic E-state index is 12.8. The first-order valence-electron chi connectivity index (χ1n) is 12.5. The number of benzene rings is 1. The third-order valence-electron chi connectivity index (χ3n) is 7.78. The molecule has 1 amide bonds. The molecule has 3 fully saturated rings. The Morgan fingerprint density at radius 3 is 2.71 bits per heavy atom. The van der Waals surface area contributed by atoms with Gasteiger partial charge < -0.3 is 19.9 Å². The molecule has 1 aromatic carbocycles. The summed E-state index contributed by atoms with van der Waals surface area (Å²) >= 11 is 1.49. The van der Waals surface area contributed by atoms with Crippen LogP contribution >= 0.6 is 11.3 Å². The lowest BCUT2D eigenvalue weighted by atomic mass is 9.58. The monoisotopic (exact) mass is 494 g/mol. The average molecular weight is 495 g/mol. The molecule has 0 unspecified atom stereocenters. The van der Waals surface area contributed by atoms with E-state index in [1.165, 1.54) is 11.3 Å². The predicted molar refractivity (Wildman–Crippen MR) is 133 cm³/mol. The second-order valence-corrected chi connectivity index (χ2v) is 11.2. The first-order valence-corrected chi connectivity index (χ1v) is 13.3. The molecule has 3 aromatic rings. The van der Waals surface area contributed by atoms with Gasteiger partial charge in [0.1, 0.15) is 6.61 Å². The topological polar surface area (TPSA) is 106 Å². The number of carbonyl (C=O) groups excluding carboxylic acids is 1. The Hall–Kier alpha value is -2.46. The van der Waals surface area contributed by atoms with Crippen molar-refractivity contribution in [3.8, 4) is 11.1 Å². The number of rotatable bonds is 6. The highest BCUT2D eigenvalue weighted by molar-refractivity contribution is 7.22. The van der Waals surface area contributed by atoms with Gasteiger partial charge in [-0.3, -0.25) is 4.79 Å². The molecule has 0 bridgehead atoms. The highest BCUT2D eigenvalue weighted by Gasteiger charge is 2.47. The van der Waals surface area contributed by atoms with Crippen LogP contribution in [0.3, 0.4) is 0 Å². The minimum atomic E-state index is -0.382. The van der Waals surface area contributed by atoms with E-state index in [9.17, 15) is 9.90 Å². The van der Waals surface area contributed by atoms with E-state index in [0.717, 1.165) is 79.5 Å². The second kappa shape index (κ2) is 9.54. The minimum absolute atomic E-state index is 0.0762. The molecule has 6 rings (SSSR count). The highest BCUT2D eigenvalue weighted by Crippen LogP contribution is 2.52. The molecule has 184 valence electrons. The van der Waals surface area contributed by atoms with Crippen molar-refractivity contribution in [2.45, 2.75) is 63.8 Å². The summed E-state index contributed by atoms with van der Waals surface area (Å²) in [6.45, 7) is 1.94. The van der Waals surface area contributed by atoms with Gasteiger partial charge in [0.15, 0.2) is 11.0 Å². The normalized spacial score (nSPS) is 24.0. The van der Waals surface area contributed by atoms with Crippen molar-refractivity contribution in [1.29, 1.82) is 0 Å². The standard InChI is InChI=1S/C26H30N4O4S/c31-20-2-1-3-21(20)34-15-23-27-13-18(14-28-23)16-4-5-19-22(10-16)35-25(29-19)30-24(32)17-11-26(12-17)6-8-33-9-7-26/h4-5,10,13-14,17,20-21,31H,1-3,6-9,11-12,15H2,(H,29,30,32)/t20-,21-/m0/s1. The molecule has 2 N–H and O–H groups in total. The lowest BCUT2D eigenvalue weighted by Crippen LogP contribution is -2.46. The fourth-order valence-electron chi connectivity index (χ4n) is 5.61. The number of anilines is 1. The third kappa shape index (κ3) is 4.82. The molecule has 1 saturated heterocycles. The Labute approximate surface area is 208 Å². The number of ether oxygens (including phenoxy) is 2. The van der Waals surface area contributed by atoms with Crippen molar-refractivity contribution in [3.63, 3.8) is 0 Å². The smallest absolute Gasteiger partial charge is 0.229 e. The Kier molecular flexibility index (Phi) is 6.26. The number of fused-ring (bicyclic) bond motifs is 1. The zero-order chi connectivity index (χ0) is 23.8. The van der Waals surface area contributed by atoms with E-state index in [1.807, 2.05) is 12.1 Å². The van der Waals surface area contributed by atoms with Gasteiger partial charge in [-0.2, -0.15) is 0 Å². The molecular formula is C26H30N4O4S. The number of aliphatic hydroxyl groups is 1. The molecule has 2 aliphatic carbocycles. The van der Waals surface area contributed by atoms with Gasteiger partial charge in [0.2, 0.25) is 5.91 Å². The lowest BCUT2D eigenvalue weighted by Gasteiger charge is -2.49. The Bertz CT molecular complexity index is 1200. The summed E-state index contributed by atoms with van der Waals surface area (Å²) in [4.78, 5) is 26.3. The predicted octanol–water partition coefficient (Wildman–Crippen LogP) is 4.33. The molecule has 3 aliphatic rings. The number of amides is 1. The fraction of sp³-hybridized carbons (Fsp3) is 0.538. The summed E-state index contributed by atoms with van der Waals surface area (Å²) in [5, 5.41) is 13.6. The van der Waals surface area contributed by atoms with Crippen LogP contribution in [0.15, 0.2) is 30.6 Å². The van der Waals surface area contributed by atoms with Crippen LogP contribution in [0, 0.1) is 11.3 Å². The van der Waals surface area contributed by atoms with Gasteiger partial charge in [-0.05, 0) is 68.1 Å². The van der Waals surface area contributed by atoms with Crippen molar-refractivity contribution < 1.29 is 19.4 Å². The van der Waals surface area contributed by atoms with Gasteiger partial charge in [0, 0.05) is 37.1 Å². The number of nitrogens with zero attached hydrogens (tertiary/aromatic N) is 3. The van der Waals surface area contributed by atoms with Crippen LogP contribution in [-0.4, -0.2) is 51.4 Å². The molecule has 2 saturated carbocycles. The molecule has 1 spiro atoms. The number of hydrogen-bond donors (Lipinski definition) is 2. The summed E-state index contributed by atoms with van der Waals surface area (Å²) in [6, 6.07) is 6.03. The SMILES string of the molecule is O=C(Nc1nc2ccc(-c3cnc(CO[C@H]4CCC[C@@H]4O)nc3)cc2s1)C1CC2(CCOCC2)C1. The van der Waals surface area contributed by atoms with Gasteiger partial charge in [-0.1, -0.05) is 17.4 Å². The number of hydrogen-bond acceptors (Lipinski definition) is 8. The fourth-order valence-corrected chi connectivity index (χ4v) is 6.52. The third-order valence-corrected chi connectivity index (χ3v) is 8.72. The van der Waals surface area contributed by atoms with E-state index >= 15 is 0 Å². The minimum Gasteiger partial charge on any atom is -0.390 e. The van der Waals surface area contributed by atoms with E-state index in [2.05, 4.69) is 26.3 Å². The molecule has 8 nitrogen and oxygen atoms in total. The Morgan fingerprint density at radius 1 is 1.17 bits per heavy atom. The van der Waals surface area contributed by atoms with E-state index < -0.39 is 0 Å².